The van der Waals surface area contributed by atoms with Crippen molar-refractivity contribution >= 4 is 35.8 Å². The van der Waals surface area contributed by atoms with Gasteiger partial charge in [-0.25, -0.2) is 9.98 Å². The van der Waals surface area contributed by atoms with Gasteiger partial charge in [0, 0.05) is 45.5 Å². The molecule has 7 heteroatoms. The third kappa shape index (κ3) is 5.20. The largest absolute Gasteiger partial charge is 0.370 e. The quantitative estimate of drug-likeness (QED) is 0.438. The van der Waals surface area contributed by atoms with Crippen molar-refractivity contribution in [3.8, 4) is 0 Å². The number of likely N-dealkylation sites (tertiary alicyclic amines) is 1. The topological polar surface area (TPSA) is 61.0 Å². The zero-order valence-corrected chi connectivity index (χ0v) is 16.9. The first-order valence-corrected chi connectivity index (χ1v) is 8.66. The van der Waals surface area contributed by atoms with Crippen LogP contribution in [0.15, 0.2) is 23.3 Å². The van der Waals surface area contributed by atoms with Crippen LogP contribution in [-0.4, -0.2) is 67.1 Å². The van der Waals surface area contributed by atoms with Crippen LogP contribution in [0.4, 0.5) is 5.82 Å². The van der Waals surface area contributed by atoms with E-state index in [9.17, 15) is 0 Å². The highest BCUT2D eigenvalue weighted by Crippen LogP contribution is 2.15. The normalized spacial score (nSPS) is 20.0. The summed E-state index contributed by atoms with van der Waals surface area (Å²) in [4.78, 5) is 16.0. The maximum absolute atomic E-state index is 6.14. The number of piperidine rings is 1. The van der Waals surface area contributed by atoms with Crippen molar-refractivity contribution in [3.63, 3.8) is 0 Å². The van der Waals surface area contributed by atoms with Crippen LogP contribution in [0.2, 0.25) is 0 Å². The lowest BCUT2D eigenvalue weighted by molar-refractivity contribution is 0.312. The number of nitrogens with zero attached hydrogens (tertiary/aromatic N) is 5. The zero-order chi connectivity index (χ0) is 16.1. The van der Waals surface area contributed by atoms with E-state index in [-0.39, 0.29) is 24.0 Å². The lowest BCUT2D eigenvalue weighted by atomic mass is 10.1. The number of pyridine rings is 1. The van der Waals surface area contributed by atoms with Crippen LogP contribution in [0.25, 0.3) is 0 Å². The molecule has 0 aliphatic carbocycles. The minimum absolute atomic E-state index is 0. The highest BCUT2D eigenvalue weighted by molar-refractivity contribution is 14.0. The fourth-order valence-electron chi connectivity index (χ4n) is 3.16. The van der Waals surface area contributed by atoms with E-state index in [0.29, 0.717) is 12.5 Å². The molecule has 0 atom stereocenters. The predicted octanol–water partition coefficient (Wildman–Crippen LogP) is 1.75. The molecule has 0 saturated carbocycles. The zero-order valence-electron chi connectivity index (χ0n) is 14.5. The average Bonchev–Trinajstić information content (AvgIpc) is 2.61. The summed E-state index contributed by atoms with van der Waals surface area (Å²) in [6, 6.07) is 4.19. The maximum Gasteiger partial charge on any atom is 0.191 e. The van der Waals surface area contributed by atoms with Gasteiger partial charge in [0.15, 0.2) is 5.96 Å². The van der Waals surface area contributed by atoms with Gasteiger partial charge in [0.1, 0.15) is 5.82 Å². The molecule has 2 saturated heterocycles. The molecule has 2 N–H and O–H groups in total. The third-order valence-corrected chi connectivity index (χ3v) is 4.74. The van der Waals surface area contributed by atoms with Crippen LogP contribution < -0.4 is 10.6 Å². The Hall–Kier alpha value is -1.09. The van der Waals surface area contributed by atoms with E-state index >= 15 is 0 Å². The number of halogens is 1. The molecule has 1 aromatic heterocycles. The van der Waals surface area contributed by atoms with E-state index < -0.39 is 0 Å². The van der Waals surface area contributed by atoms with E-state index in [1.807, 2.05) is 12.3 Å². The number of rotatable bonds is 3. The summed E-state index contributed by atoms with van der Waals surface area (Å²) >= 11 is 0. The van der Waals surface area contributed by atoms with E-state index in [2.05, 4.69) is 37.8 Å². The first-order chi connectivity index (χ1) is 11.2. The monoisotopic (exact) mass is 444 g/mol. The lowest BCUT2D eigenvalue weighted by Crippen LogP contribution is -2.44. The summed E-state index contributed by atoms with van der Waals surface area (Å²) in [5.41, 5.74) is 7.31. The number of piperazine rings is 1. The van der Waals surface area contributed by atoms with E-state index in [1.165, 1.54) is 24.8 Å². The summed E-state index contributed by atoms with van der Waals surface area (Å²) in [5.74, 6) is 1.74. The smallest absolute Gasteiger partial charge is 0.191 e. The molecule has 2 aliphatic rings. The SMILES string of the molecule is CN1CCN(c2cc(CN=C(N)N3CCCCC3)ccn2)CC1.I. The summed E-state index contributed by atoms with van der Waals surface area (Å²) in [7, 11) is 2.17. The van der Waals surface area contributed by atoms with E-state index in [1.54, 1.807) is 0 Å². The number of hydrogen-bond donors (Lipinski definition) is 1. The summed E-state index contributed by atoms with van der Waals surface area (Å²) in [5, 5.41) is 0. The van der Waals surface area contributed by atoms with Crippen LogP contribution in [0, 0.1) is 0 Å². The lowest BCUT2D eigenvalue weighted by Gasteiger charge is -2.33. The Bertz CT molecular complexity index is 536. The van der Waals surface area contributed by atoms with Crippen molar-refractivity contribution in [1.82, 2.24) is 14.8 Å². The van der Waals surface area contributed by atoms with E-state index in [4.69, 9.17) is 5.73 Å². The van der Waals surface area contributed by atoms with Crippen LogP contribution in [0.1, 0.15) is 24.8 Å². The molecule has 0 radical (unpaired) electrons. The number of aromatic nitrogens is 1. The molecule has 3 rings (SSSR count). The van der Waals surface area contributed by atoms with Crippen LogP contribution in [-0.2, 0) is 6.54 Å². The van der Waals surface area contributed by atoms with Gasteiger partial charge < -0.3 is 20.4 Å². The van der Waals surface area contributed by atoms with Crippen molar-refractivity contribution in [2.45, 2.75) is 25.8 Å². The molecule has 6 nitrogen and oxygen atoms in total. The Morgan fingerprint density at radius 3 is 2.54 bits per heavy atom. The fourth-order valence-corrected chi connectivity index (χ4v) is 3.16. The highest BCUT2D eigenvalue weighted by atomic mass is 127. The van der Waals surface area contributed by atoms with Gasteiger partial charge in [0.2, 0.25) is 0 Å². The summed E-state index contributed by atoms with van der Waals surface area (Å²) in [6.45, 7) is 6.96. The second-order valence-electron chi connectivity index (χ2n) is 6.53. The molecule has 134 valence electrons. The Labute approximate surface area is 162 Å². The molecule has 0 unspecified atom stereocenters. The first-order valence-electron chi connectivity index (χ1n) is 8.66. The molecule has 3 heterocycles. The van der Waals surface area contributed by atoms with Gasteiger partial charge in [0.05, 0.1) is 6.54 Å². The van der Waals surface area contributed by atoms with Crippen molar-refractivity contribution in [1.29, 1.82) is 0 Å². The average molecular weight is 444 g/mol. The van der Waals surface area contributed by atoms with Gasteiger partial charge in [0.25, 0.3) is 0 Å². The molecule has 1 aromatic rings. The Morgan fingerprint density at radius 2 is 1.83 bits per heavy atom. The third-order valence-electron chi connectivity index (χ3n) is 4.74. The van der Waals surface area contributed by atoms with Crippen molar-refractivity contribution in [2.24, 2.45) is 10.7 Å². The fraction of sp³-hybridized carbons (Fsp3) is 0.647. The van der Waals surface area contributed by atoms with Gasteiger partial charge in [-0.05, 0) is 44.0 Å². The Morgan fingerprint density at radius 1 is 1.12 bits per heavy atom. The maximum atomic E-state index is 6.14. The first kappa shape index (κ1) is 19.2. The van der Waals surface area contributed by atoms with Gasteiger partial charge in [-0.15, -0.1) is 24.0 Å². The molecule has 0 spiro atoms. The minimum Gasteiger partial charge on any atom is -0.370 e. The van der Waals surface area contributed by atoms with Gasteiger partial charge >= 0.3 is 0 Å². The standard InChI is InChI=1S/C17H28N6.HI/c1-21-9-11-22(12-10-21)16-13-15(5-6-19-16)14-20-17(18)23-7-3-2-4-8-23;/h5-6,13H,2-4,7-12,14H2,1H3,(H2,18,20);1H. The second-order valence-corrected chi connectivity index (χ2v) is 6.53. The number of guanidine groups is 1. The van der Waals surface area contributed by atoms with Gasteiger partial charge in [-0.3, -0.25) is 0 Å². The number of aliphatic imine (C=N–C) groups is 1. The van der Waals surface area contributed by atoms with Crippen molar-refractivity contribution in [3.05, 3.63) is 23.9 Å². The molecule has 0 amide bonds. The van der Waals surface area contributed by atoms with Gasteiger partial charge in [-0.1, -0.05) is 0 Å². The van der Waals surface area contributed by atoms with Crippen LogP contribution >= 0.6 is 24.0 Å². The molecule has 24 heavy (non-hydrogen) atoms. The number of likely N-dealkylation sites (N-methyl/N-ethyl adjacent to an activating group) is 1. The molecule has 2 fully saturated rings. The molecule has 0 aromatic carbocycles. The number of nitrogens with two attached hydrogens (primary N) is 1. The molecular formula is C17H29IN6. The van der Waals surface area contributed by atoms with Crippen molar-refractivity contribution in [2.75, 3.05) is 51.2 Å². The summed E-state index contributed by atoms with van der Waals surface area (Å²) < 4.78 is 0. The predicted molar refractivity (Wildman–Crippen MR) is 110 cm³/mol. The van der Waals surface area contributed by atoms with Gasteiger partial charge in [-0.2, -0.15) is 0 Å². The number of hydrogen-bond acceptors (Lipinski definition) is 4. The van der Waals surface area contributed by atoms with Crippen molar-refractivity contribution < 1.29 is 0 Å². The Kier molecular flexibility index (Phi) is 7.54. The minimum atomic E-state index is 0. The van der Waals surface area contributed by atoms with Crippen LogP contribution in [0.3, 0.4) is 0 Å². The number of anilines is 1. The molecule has 0 bridgehead atoms. The molecular weight excluding hydrogens is 415 g/mol. The van der Waals surface area contributed by atoms with Crippen LogP contribution in [0.5, 0.6) is 0 Å². The summed E-state index contributed by atoms with van der Waals surface area (Å²) in [6.07, 6.45) is 5.64. The van der Waals surface area contributed by atoms with E-state index in [0.717, 1.165) is 45.1 Å². The Balaban J connectivity index is 0.00000208. The second kappa shape index (κ2) is 9.41. The molecule has 2 aliphatic heterocycles. The highest BCUT2D eigenvalue weighted by Gasteiger charge is 2.15.